The molecular formula is C12H21N3O4. The van der Waals surface area contributed by atoms with Crippen LogP contribution in [0.5, 0.6) is 0 Å². The number of primary amides is 1. The third kappa shape index (κ3) is 5.15. The van der Waals surface area contributed by atoms with Gasteiger partial charge < -0.3 is 21.1 Å². The van der Waals surface area contributed by atoms with Crippen molar-refractivity contribution in [3.05, 3.63) is 0 Å². The number of carboxylic acids is 1. The summed E-state index contributed by atoms with van der Waals surface area (Å²) in [4.78, 5) is 34.9. The van der Waals surface area contributed by atoms with Gasteiger partial charge in [0, 0.05) is 13.6 Å². The molecule has 1 atom stereocenters. The van der Waals surface area contributed by atoms with Crippen molar-refractivity contribution in [1.82, 2.24) is 10.2 Å². The van der Waals surface area contributed by atoms with Crippen LogP contribution in [0.4, 0.5) is 4.79 Å². The highest BCUT2D eigenvalue weighted by atomic mass is 16.4. The van der Waals surface area contributed by atoms with Crippen LogP contribution >= 0.6 is 0 Å². The van der Waals surface area contributed by atoms with Gasteiger partial charge in [0.2, 0.25) is 5.91 Å². The van der Waals surface area contributed by atoms with Crippen molar-refractivity contribution < 1.29 is 19.5 Å². The van der Waals surface area contributed by atoms with Gasteiger partial charge in [0.1, 0.15) is 6.04 Å². The summed E-state index contributed by atoms with van der Waals surface area (Å²) in [5, 5.41) is 11.2. The van der Waals surface area contributed by atoms with Gasteiger partial charge in [-0.15, -0.1) is 0 Å². The number of urea groups is 1. The van der Waals surface area contributed by atoms with E-state index in [9.17, 15) is 14.4 Å². The Hall–Kier alpha value is -1.79. The van der Waals surface area contributed by atoms with Gasteiger partial charge in [-0.2, -0.15) is 0 Å². The predicted octanol–water partition coefficient (Wildman–Crippen LogP) is 0.147. The Morgan fingerprint density at radius 3 is 2.42 bits per heavy atom. The maximum absolute atomic E-state index is 11.8. The molecule has 4 N–H and O–H groups in total. The van der Waals surface area contributed by atoms with E-state index >= 15 is 0 Å². The first-order valence-corrected chi connectivity index (χ1v) is 6.43. The quantitative estimate of drug-likeness (QED) is 0.638. The van der Waals surface area contributed by atoms with E-state index in [2.05, 4.69) is 5.32 Å². The fourth-order valence-corrected chi connectivity index (χ4v) is 2.32. The standard InChI is InChI=1S/C12H21N3O4/c1-15(7-8-4-2-3-5-8)12(19)14-9(11(17)18)6-10(13)16/h8-9H,2-7H2,1H3,(H2,13,16)(H,14,19)(H,17,18)/t9-/m1/s1. The van der Waals surface area contributed by atoms with E-state index in [1.54, 1.807) is 7.05 Å². The van der Waals surface area contributed by atoms with Gasteiger partial charge >= 0.3 is 12.0 Å². The number of carboxylic acid groups (broad SMARTS) is 1. The molecule has 0 aliphatic heterocycles. The van der Waals surface area contributed by atoms with Crippen molar-refractivity contribution >= 4 is 17.9 Å². The molecule has 0 radical (unpaired) electrons. The molecule has 0 unspecified atom stereocenters. The molecule has 1 saturated carbocycles. The van der Waals surface area contributed by atoms with Crippen molar-refractivity contribution in [2.45, 2.75) is 38.1 Å². The van der Waals surface area contributed by atoms with Gasteiger partial charge in [0.05, 0.1) is 6.42 Å². The molecular weight excluding hydrogens is 250 g/mol. The maximum atomic E-state index is 11.8. The second-order valence-corrected chi connectivity index (χ2v) is 5.04. The molecule has 0 aromatic carbocycles. The number of nitrogens with zero attached hydrogens (tertiary/aromatic N) is 1. The Morgan fingerprint density at radius 1 is 1.37 bits per heavy atom. The molecule has 7 heteroatoms. The zero-order chi connectivity index (χ0) is 14.4. The molecule has 0 bridgehead atoms. The number of carbonyl (C=O) groups is 3. The molecule has 0 aromatic rings. The van der Waals surface area contributed by atoms with Crippen LogP contribution in [-0.2, 0) is 9.59 Å². The number of nitrogens with one attached hydrogen (secondary N) is 1. The van der Waals surface area contributed by atoms with Crippen LogP contribution in [0.1, 0.15) is 32.1 Å². The summed E-state index contributed by atoms with van der Waals surface area (Å²) in [6, 6.07) is -1.75. The molecule has 1 aliphatic rings. The number of amides is 3. The third-order valence-corrected chi connectivity index (χ3v) is 3.35. The molecule has 0 heterocycles. The first-order valence-electron chi connectivity index (χ1n) is 6.43. The lowest BCUT2D eigenvalue weighted by Gasteiger charge is -2.23. The number of rotatable bonds is 6. The largest absolute Gasteiger partial charge is 0.480 e. The molecule has 108 valence electrons. The predicted molar refractivity (Wildman–Crippen MR) is 68.4 cm³/mol. The van der Waals surface area contributed by atoms with Crippen LogP contribution in [0.3, 0.4) is 0 Å². The van der Waals surface area contributed by atoms with E-state index in [1.165, 1.54) is 17.7 Å². The molecule has 1 fully saturated rings. The minimum Gasteiger partial charge on any atom is -0.480 e. The van der Waals surface area contributed by atoms with Gasteiger partial charge in [0.25, 0.3) is 0 Å². The Morgan fingerprint density at radius 2 is 1.95 bits per heavy atom. The van der Waals surface area contributed by atoms with E-state index in [0.717, 1.165) is 12.8 Å². The minimum atomic E-state index is -1.27. The Labute approximate surface area is 112 Å². The SMILES string of the molecule is CN(CC1CCCC1)C(=O)N[C@H](CC(N)=O)C(=O)O. The monoisotopic (exact) mass is 271 g/mol. The number of hydrogen-bond donors (Lipinski definition) is 3. The fraction of sp³-hybridized carbons (Fsp3) is 0.750. The first kappa shape index (κ1) is 15.3. The van der Waals surface area contributed by atoms with Crippen molar-refractivity contribution in [1.29, 1.82) is 0 Å². The summed E-state index contributed by atoms with van der Waals surface area (Å²) in [7, 11) is 1.62. The van der Waals surface area contributed by atoms with Crippen LogP contribution in [0, 0.1) is 5.92 Å². The second kappa shape index (κ2) is 6.96. The highest BCUT2D eigenvalue weighted by Gasteiger charge is 2.25. The van der Waals surface area contributed by atoms with Crippen molar-refractivity contribution in [3.8, 4) is 0 Å². The van der Waals surface area contributed by atoms with Crippen LogP contribution in [0.2, 0.25) is 0 Å². The van der Waals surface area contributed by atoms with Gasteiger partial charge in [-0.1, -0.05) is 12.8 Å². The smallest absolute Gasteiger partial charge is 0.326 e. The van der Waals surface area contributed by atoms with Crippen LogP contribution in [-0.4, -0.2) is 47.5 Å². The summed E-state index contributed by atoms with van der Waals surface area (Å²) >= 11 is 0. The Bertz CT molecular complexity index is 353. The maximum Gasteiger partial charge on any atom is 0.326 e. The van der Waals surface area contributed by atoms with Crippen molar-refractivity contribution in [2.75, 3.05) is 13.6 Å². The average Bonchev–Trinajstić information content (AvgIpc) is 2.79. The van der Waals surface area contributed by atoms with Gasteiger partial charge in [-0.05, 0) is 18.8 Å². The summed E-state index contributed by atoms with van der Waals surface area (Å²) < 4.78 is 0. The van der Waals surface area contributed by atoms with E-state index in [-0.39, 0.29) is 0 Å². The van der Waals surface area contributed by atoms with E-state index < -0.39 is 30.4 Å². The summed E-state index contributed by atoms with van der Waals surface area (Å²) in [5.74, 6) is -1.54. The van der Waals surface area contributed by atoms with Crippen molar-refractivity contribution in [2.24, 2.45) is 11.7 Å². The molecule has 0 spiro atoms. The highest BCUT2D eigenvalue weighted by molar-refractivity contribution is 5.87. The van der Waals surface area contributed by atoms with Gasteiger partial charge in [-0.3, -0.25) is 4.79 Å². The second-order valence-electron chi connectivity index (χ2n) is 5.04. The molecule has 19 heavy (non-hydrogen) atoms. The zero-order valence-electron chi connectivity index (χ0n) is 11.1. The lowest BCUT2D eigenvalue weighted by molar-refractivity contribution is -0.140. The number of nitrogens with two attached hydrogens (primary N) is 1. The Kier molecular flexibility index (Phi) is 5.59. The lowest BCUT2D eigenvalue weighted by atomic mass is 10.1. The molecule has 0 saturated heterocycles. The van der Waals surface area contributed by atoms with Crippen molar-refractivity contribution in [3.63, 3.8) is 0 Å². The topological polar surface area (TPSA) is 113 Å². The Balaban J connectivity index is 2.45. The summed E-state index contributed by atoms with van der Waals surface area (Å²) in [6.07, 6.45) is 4.15. The van der Waals surface area contributed by atoms with Gasteiger partial charge in [-0.25, -0.2) is 9.59 Å². The third-order valence-electron chi connectivity index (χ3n) is 3.35. The minimum absolute atomic E-state index is 0.404. The molecule has 1 aliphatic carbocycles. The molecule has 1 rings (SSSR count). The number of carbonyl (C=O) groups excluding carboxylic acids is 2. The molecule has 0 aromatic heterocycles. The average molecular weight is 271 g/mol. The highest BCUT2D eigenvalue weighted by Crippen LogP contribution is 2.25. The normalized spacial score (nSPS) is 16.9. The van der Waals surface area contributed by atoms with Crippen LogP contribution in [0.25, 0.3) is 0 Å². The summed E-state index contributed by atoms with van der Waals surface area (Å²) in [6.45, 7) is 0.606. The van der Waals surface area contributed by atoms with Crippen LogP contribution < -0.4 is 11.1 Å². The number of aliphatic carboxylic acids is 1. The van der Waals surface area contributed by atoms with E-state index in [1.807, 2.05) is 0 Å². The lowest BCUT2D eigenvalue weighted by Crippen LogP contribution is -2.49. The zero-order valence-corrected chi connectivity index (χ0v) is 11.1. The molecule has 7 nitrogen and oxygen atoms in total. The van der Waals surface area contributed by atoms with Crippen LogP contribution in [0.15, 0.2) is 0 Å². The first-order chi connectivity index (χ1) is 8.90. The molecule has 3 amide bonds. The number of hydrogen-bond acceptors (Lipinski definition) is 3. The fourth-order valence-electron chi connectivity index (χ4n) is 2.32. The van der Waals surface area contributed by atoms with E-state index in [4.69, 9.17) is 10.8 Å². The van der Waals surface area contributed by atoms with E-state index in [0.29, 0.717) is 12.5 Å². The van der Waals surface area contributed by atoms with Gasteiger partial charge in [0.15, 0.2) is 0 Å². The summed E-state index contributed by atoms with van der Waals surface area (Å²) in [5.41, 5.74) is 4.95.